The first-order valence-corrected chi connectivity index (χ1v) is 7.91. The number of benzene rings is 2. The molecule has 0 fully saturated rings. The smallest absolute Gasteiger partial charge is 0.0708 e. The van der Waals surface area contributed by atoms with E-state index in [1.807, 2.05) is 0 Å². The van der Waals surface area contributed by atoms with Crippen LogP contribution in [0.2, 0.25) is 0 Å². The van der Waals surface area contributed by atoms with Crippen LogP contribution in [-0.2, 0) is 6.42 Å². The molecule has 0 radical (unpaired) electrons. The van der Waals surface area contributed by atoms with Gasteiger partial charge in [0.25, 0.3) is 0 Å². The third-order valence-electron chi connectivity index (χ3n) is 4.03. The lowest BCUT2D eigenvalue weighted by atomic mass is 10.00. The number of rotatable bonds is 5. The van der Waals surface area contributed by atoms with Crippen LogP contribution in [0.15, 0.2) is 60.7 Å². The van der Waals surface area contributed by atoms with Crippen molar-refractivity contribution in [2.75, 3.05) is 6.54 Å². The maximum atomic E-state index is 4.89. The van der Waals surface area contributed by atoms with Gasteiger partial charge in [-0.25, -0.2) is 0 Å². The highest BCUT2D eigenvalue weighted by Crippen LogP contribution is 2.23. The summed E-state index contributed by atoms with van der Waals surface area (Å²) >= 11 is 0. The third kappa shape index (κ3) is 3.18. The highest BCUT2D eigenvalue weighted by molar-refractivity contribution is 5.82. The SMILES string of the molecule is CCNC(Cc1ccccc1)c1cc(C)c2ccccc2n1. The highest BCUT2D eigenvalue weighted by Gasteiger charge is 2.14. The molecule has 0 aliphatic heterocycles. The summed E-state index contributed by atoms with van der Waals surface area (Å²) in [5, 5.41) is 4.81. The lowest BCUT2D eigenvalue weighted by Crippen LogP contribution is -2.24. The molecule has 0 bridgehead atoms. The van der Waals surface area contributed by atoms with Crippen LogP contribution < -0.4 is 5.32 Å². The van der Waals surface area contributed by atoms with Gasteiger partial charge in [-0.05, 0) is 43.1 Å². The van der Waals surface area contributed by atoms with Crippen LogP contribution in [-0.4, -0.2) is 11.5 Å². The summed E-state index contributed by atoms with van der Waals surface area (Å²) in [6.07, 6.45) is 0.958. The van der Waals surface area contributed by atoms with Gasteiger partial charge in [-0.3, -0.25) is 4.98 Å². The van der Waals surface area contributed by atoms with Gasteiger partial charge in [-0.1, -0.05) is 55.5 Å². The van der Waals surface area contributed by atoms with E-state index < -0.39 is 0 Å². The maximum absolute atomic E-state index is 4.89. The Morgan fingerprint density at radius 3 is 2.50 bits per heavy atom. The minimum atomic E-state index is 0.246. The van der Waals surface area contributed by atoms with Gasteiger partial charge in [0.05, 0.1) is 17.3 Å². The van der Waals surface area contributed by atoms with Crippen LogP contribution in [0, 0.1) is 6.92 Å². The molecule has 0 amide bonds. The predicted octanol–water partition coefficient (Wildman–Crippen LogP) is 4.44. The first kappa shape index (κ1) is 14.7. The number of pyridine rings is 1. The van der Waals surface area contributed by atoms with Crippen LogP contribution in [0.25, 0.3) is 10.9 Å². The van der Waals surface area contributed by atoms with E-state index in [0.29, 0.717) is 0 Å². The third-order valence-corrected chi connectivity index (χ3v) is 4.03. The van der Waals surface area contributed by atoms with Gasteiger partial charge >= 0.3 is 0 Å². The quantitative estimate of drug-likeness (QED) is 0.751. The summed E-state index contributed by atoms with van der Waals surface area (Å²) in [5.74, 6) is 0. The topological polar surface area (TPSA) is 24.9 Å². The number of nitrogens with one attached hydrogen (secondary N) is 1. The summed E-state index contributed by atoms with van der Waals surface area (Å²) in [5.41, 5.74) is 4.83. The van der Waals surface area contributed by atoms with Crippen molar-refractivity contribution in [1.82, 2.24) is 10.3 Å². The van der Waals surface area contributed by atoms with Crippen molar-refractivity contribution < 1.29 is 0 Å². The number of hydrogen-bond donors (Lipinski definition) is 1. The summed E-state index contributed by atoms with van der Waals surface area (Å²) in [4.78, 5) is 4.89. The number of nitrogens with zero attached hydrogens (tertiary/aromatic N) is 1. The van der Waals surface area contributed by atoms with Crippen molar-refractivity contribution in [3.05, 3.63) is 77.5 Å². The van der Waals surface area contributed by atoms with Gasteiger partial charge in [0.15, 0.2) is 0 Å². The number of aromatic nitrogens is 1. The second-order valence-corrected chi connectivity index (χ2v) is 5.68. The van der Waals surface area contributed by atoms with Gasteiger partial charge in [0, 0.05) is 5.39 Å². The largest absolute Gasteiger partial charge is 0.309 e. The number of para-hydroxylation sites is 1. The zero-order chi connectivity index (χ0) is 15.4. The van der Waals surface area contributed by atoms with Gasteiger partial charge in [0.2, 0.25) is 0 Å². The first-order chi connectivity index (χ1) is 10.8. The molecule has 0 saturated carbocycles. The van der Waals surface area contributed by atoms with E-state index in [0.717, 1.165) is 24.2 Å². The Labute approximate surface area is 132 Å². The molecule has 2 aromatic carbocycles. The molecular weight excluding hydrogens is 268 g/mol. The average molecular weight is 290 g/mol. The lowest BCUT2D eigenvalue weighted by Gasteiger charge is -2.19. The minimum Gasteiger partial charge on any atom is -0.309 e. The van der Waals surface area contributed by atoms with Gasteiger partial charge in [-0.15, -0.1) is 0 Å². The van der Waals surface area contributed by atoms with E-state index in [4.69, 9.17) is 4.98 Å². The summed E-state index contributed by atoms with van der Waals surface area (Å²) in [6, 6.07) is 21.4. The van der Waals surface area contributed by atoms with Crippen LogP contribution in [0.4, 0.5) is 0 Å². The number of hydrogen-bond acceptors (Lipinski definition) is 2. The number of fused-ring (bicyclic) bond motifs is 1. The van der Waals surface area contributed by atoms with Crippen LogP contribution in [0.3, 0.4) is 0 Å². The Kier molecular flexibility index (Phi) is 4.50. The van der Waals surface area contributed by atoms with Gasteiger partial charge < -0.3 is 5.32 Å². The van der Waals surface area contributed by atoms with Crippen molar-refractivity contribution >= 4 is 10.9 Å². The van der Waals surface area contributed by atoms with Crippen LogP contribution in [0.5, 0.6) is 0 Å². The second-order valence-electron chi connectivity index (χ2n) is 5.68. The zero-order valence-electron chi connectivity index (χ0n) is 13.2. The Bertz CT molecular complexity index is 750. The molecule has 22 heavy (non-hydrogen) atoms. The van der Waals surface area contributed by atoms with Crippen molar-refractivity contribution in [1.29, 1.82) is 0 Å². The van der Waals surface area contributed by atoms with E-state index in [1.165, 1.54) is 16.5 Å². The molecule has 0 aliphatic carbocycles. The molecule has 2 heteroatoms. The first-order valence-electron chi connectivity index (χ1n) is 7.91. The molecule has 1 atom stereocenters. The maximum Gasteiger partial charge on any atom is 0.0708 e. The summed E-state index contributed by atoms with van der Waals surface area (Å²) in [7, 11) is 0. The fourth-order valence-electron chi connectivity index (χ4n) is 2.93. The van der Waals surface area contributed by atoms with E-state index in [-0.39, 0.29) is 6.04 Å². The molecule has 1 N–H and O–H groups in total. The number of likely N-dealkylation sites (N-methyl/N-ethyl adjacent to an activating group) is 1. The molecule has 1 heterocycles. The molecule has 0 saturated heterocycles. The van der Waals surface area contributed by atoms with Crippen molar-refractivity contribution in [2.24, 2.45) is 0 Å². The summed E-state index contributed by atoms with van der Waals surface area (Å²) < 4.78 is 0. The molecule has 3 rings (SSSR count). The molecule has 1 aromatic heterocycles. The molecular formula is C20H22N2. The van der Waals surface area contributed by atoms with Crippen LogP contribution in [0.1, 0.15) is 29.8 Å². The zero-order valence-corrected chi connectivity index (χ0v) is 13.2. The Morgan fingerprint density at radius 1 is 1.00 bits per heavy atom. The van der Waals surface area contributed by atoms with Crippen molar-refractivity contribution in [2.45, 2.75) is 26.3 Å². The minimum absolute atomic E-state index is 0.246. The molecule has 112 valence electrons. The molecule has 3 aromatic rings. The van der Waals surface area contributed by atoms with Crippen LogP contribution >= 0.6 is 0 Å². The second kappa shape index (κ2) is 6.71. The normalized spacial score (nSPS) is 12.5. The fourth-order valence-corrected chi connectivity index (χ4v) is 2.93. The van der Waals surface area contributed by atoms with E-state index in [1.54, 1.807) is 0 Å². The van der Waals surface area contributed by atoms with Crippen molar-refractivity contribution in [3.8, 4) is 0 Å². The van der Waals surface area contributed by atoms with E-state index in [2.05, 4.69) is 79.8 Å². The predicted molar refractivity (Wildman–Crippen MR) is 93.0 cm³/mol. The van der Waals surface area contributed by atoms with E-state index >= 15 is 0 Å². The standard InChI is InChI=1S/C20H22N2/c1-3-21-19(14-16-9-5-4-6-10-16)20-13-15(2)17-11-7-8-12-18(17)22-20/h4-13,19,21H,3,14H2,1-2H3. The molecule has 2 nitrogen and oxygen atoms in total. The van der Waals surface area contributed by atoms with E-state index in [9.17, 15) is 0 Å². The Hall–Kier alpha value is -2.19. The number of aryl methyl sites for hydroxylation is 1. The Morgan fingerprint density at radius 2 is 1.73 bits per heavy atom. The molecule has 1 unspecified atom stereocenters. The van der Waals surface area contributed by atoms with Gasteiger partial charge in [0.1, 0.15) is 0 Å². The highest BCUT2D eigenvalue weighted by atomic mass is 14.9. The average Bonchev–Trinajstić information content (AvgIpc) is 2.55. The Balaban J connectivity index is 1.97. The molecule has 0 spiro atoms. The lowest BCUT2D eigenvalue weighted by molar-refractivity contribution is 0.538. The monoisotopic (exact) mass is 290 g/mol. The van der Waals surface area contributed by atoms with Gasteiger partial charge in [-0.2, -0.15) is 0 Å². The summed E-state index contributed by atoms with van der Waals surface area (Å²) in [6.45, 7) is 5.25. The fraction of sp³-hybridized carbons (Fsp3) is 0.250. The van der Waals surface area contributed by atoms with Crippen molar-refractivity contribution in [3.63, 3.8) is 0 Å². The molecule has 0 aliphatic rings.